The molecular formula is C13H21ClN2O2S. The van der Waals surface area contributed by atoms with Crippen LogP contribution < -0.4 is 10.0 Å². The van der Waals surface area contributed by atoms with Crippen molar-refractivity contribution in [2.75, 3.05) is 16.3 Å². The lowest BCUT2D eigenvalue weighted by Crippen LogP contribution is -2.23. The van der Waals surface area contributed by atoms with Gasteiger partial charge in [0.2, 0.25) is 10.0 Å². The monoisotopic (exact) mass is 304 g/mol. The first kappa shape index (κ1) is 16.1. The van der Waals surface area contributed by atoms with Crippen LogP contribution in [0.1, 0.15) is 27.2 Å². The summed E-state index contributed by atoms with van der Waals surface area (Å²) in [5.74, 6) is 0.549. The summed E-state index contributed by atoms with van der Waals surface area (Å²) in [6.07, 6.45) is 2.19. The summed E-state index contributed by atoms with van der Waals surface area (Å²) in [6.45, 7) is 6.44. The molecule has 0 fully saturated rings. The Bertz CT molecular complexity index is 531. The van der Waals surface area contributed by atoms with Gasteiger partial charge in [-0.05, 0) is 31.0 Å². The van der Waals surface area contributed by atoms with E-state index in [1.165, 1.54) is 0 Å². The van der Waals surface area contributed by atoms with Gasteiger partial charge in [-0.15, -0.1) is 0 Å². The summed E-state index contributed by atoms with van der Waals surface area (Å²) >= 11 is 6.07. The van der Waals surface area contributed by atoms with Crippen molar-refractivity contribution < 1.29 is 8.42 Å². The fraction of sp³-hybridized carbons (Fsp3) is 0.538. The molecule has 6 heteroatoms. The standard InChI is InChI=1S/C13H21ClN2O2S/c1-5-9(2)10(3)15-11-6-7-13(12(14)8-11)16-19(4,17)18/h6-10,15-16H,5H2,1-4H3. The molecule has 0 saturated carbocycles. The largest absolute Gasteiger partial charge is 0.382 e. The molecular weight excluding hydrogens is 284 g/mol. The van der Waals surface area contributed by atoms with Gasteiger partial charge in [-0.3, -0.25) is 4.72 Å². The van der Waals surface area contributed by atoms with E-state index < -0.39 is 10.0 Å². The van der Waals surface area contributed by atoms with Gasteiger partial charge < -0.3 is 5.32 Å². The van der Waals surface area contributed by atoms with E-state index in [-0.39, 0.29) is 0 Å². The quantitative estimate of drug-likeness (QED) is 0.845. The Morgan fingerprint density at radius 2 is 1.95 bits per heavy atom. The van der Waals surface area contributed by atoms with Gasteiger partial charge in [0.1, 0.15) is 0 Å². The van der Waals surface area contributed by atoms with E-state index in [0.29, 0.717) is 22.7 Å². The van der Waals surface area contributed by atoms with Crippen LogP contribution in [0.3, 0.4) is 0 Å². The predicted octanol–water partition coefficient (Wildman–Crippen LogP) is 3.56. The van der Waals surface area contributed by atoms with E-state index in [4.69, 9.17) is 11.6 Å². The molecule has 0 radical (unpaired) electrons. The first-order valence-electron chi connectivity index (χ1n) is 6.26. The minimum atomic E-state index is -3.31. The maximum absolute atomic E-state index is 11.2. The molecule has 0 aromatic heterocycles. The van der Waals surface area contributed by atoms with Gasteiger partial charge in [0, 0.05) is 11.7 Å². The molecule has 0 aliphatic carbocycles. The number of hydrogen-bond donors (Lipinski definition) is 2. The molecule has 0 aliphatic heterocycles. The molecule has 0 heterocycles. The third-order valence-corrected chi connectivity index (χ3v) is 4.06. The third-order valence-electron chi connectivity index (χ3n) is 3.16. The maximum atomic E-state index is 11.2. The van der Waals surface area contributed by atoms with Crippen molar-refractivity contribution in [1.29, 1.82) is 0 Å². The average molecular weight is 305 g/mol. The molecule has 19 heavy (non-hydrogen) atoms. The maximum Gasteiger partial charge on any atom is 0.229 e. The van der Waals surface area contributed by atoms with Crippen molar-refractivity contribution >= 4 is 33.0 Å². The molecule has 0 bridgehead atoms. The van der Waals surface area contributed by atoms with Gasteiger partial charge in [-0.25, -0.2) is 8.42 Å². The van der Waals surface area contributed by atoms with E-state index in [0.717, 1.165) is 18.4 Å². The van der Waals surface area contributed by atoms with Crippen molar-refractivity contribution in [2.45, 2.75) is 33.2 Å². The zero-order chi connectivity index (χ0) is 14.6. The molecule has 0 spiro atoms. The van der Waals surface area contributed by atoms with E-state index in [1.807, 2.05) is 6.07 Å². The van der Waals surface area contributed by atoms with Crippen molar-refractivity contribution in [3.8, 4) is 0 Å². The van der Waals surface area contributed by atoms with Crippen LogP contribution in [-0.2, 0) is 10.0 Å². The average Bonchev–Trinajstić information content (AvgIpc) is 2.30. The Hall–Kier alpha value is -0.940. The molecule has 1 rings (SSSR count). The highest BCUT2D eigenvalue weighted by atomic mass is 35.5. The smallest absolute Gasteiger partial charge is 0.229 e. The molecule has 4 nitrogen and oxygen atoms in total. The summed E-state index contributed by atoms with van der Waals surface area (Å²) in [4.78, 5) is 0. The van der Waals surface area contributed by atoms with Gasteiger partial charge in [-0.2, -0.15) is 0 Å². The second-order valence-corrected chi connectivity index (χ2v) is 7.04. The summed E-state index contributed by atoms with van der Waals surface area (Å²) in [5.41, 5.74) is 1.28. The highest BCUT2D eigenvalue weighted by Crippen LogP contribution is 2.27. The lowest BCUT2D eigenvalue weighted by atomic mass is 10.0. The van der Waals surface area contributed by atoms with Crippen LogP contribution in [-0.4, -0.2) is 20.7 Å². The lowest BCUT2D eigenvalue weighted by molar-refractivity contribution is 0.494. The fourth-order valence-electron chi connectivity index (χ4n) is 1.65. The molecule has 1 aromatic rings. The Kier molecular flexibility index (Phi) is 5.50. The minimum Gasteiger partial charge on any atom is -0.382 e. The molecule has 2 unspecified atom stereocenters. The third kappa shape index (κ3) is 5.28. The van der Waals surface area contributed by atoms with Gasteiger partial charge in [0.25, 0.3) is 0 Å². The number of sulfonamides is 1. The number of nitrogens with one attached hydrogen (secondary N) is 2. The molecule has 108 valence electrons. The van der Waals surface area contributed by atoms with Gasteiger partial charge >= 0.3 is 0 Å². The zero-order valence-corrected chi connectivity index (χ0v) is 13.3. The van der Waals surface area contributed by atoms with Crippen LogP contribution in [0.25, 0.3) is 0 Å². The number of benzene rings is 1. The van der Waals surface area contributed by atoms with Crippen molar-refractivity contribution in [3.05, 3.63) is 23.2 Å². The van der Waals surface area contributed by atoms with Crippen LogP contribution in [0, 0.1) is 5.92 Å². The van der Waals surface area contributed by atoms with Crippen LogP contribution >= 0.6 is 11.6 Å². The van der Waals surface area contributed by atoms with E-state index in [2.05, 4.69) is 30.8 Å². The van der Waals surface area contributed by atoms with E-state index >= 15 is 0 Å². The molecule has 0 amide bonds. The van der Waals surface area contributed by atoms with Crippen LogP contribution in [0.5, 0.6) is 0 Å². The van der Waals surface area contributed by atoms with E-state index in [1.54, 1.807) is 12.1 Å². The first-order valence-corrected chi connectivity index (χ1v) is 8.53. The predicted molar refractivity (Wildman–Crippen MR) is 82.5 cm³/mol. The molecule has 0 aliphatic rings. The highest BCUT2D eigenvalue weighted by Gasteiger charge is 2.11. The molecule has 1 aromatic carbocycles. The summed E-state index contributed by atoms with van der Waals surface area (Å²) in [6, 6.07) is 5.54. The molecule has 2 atom stereocenters. The summed E-state index contributed by atoms with van der Waals surface area (Å²) in [7, 11) is -3.31. The number of hydrogen-bond acceptors (Lipinski definition) is 3. The van der Waals surface area contributed by atoms with Crippen LogP contribution in [0.2, 0.25) is 5.02 Å². The Morgan fingerprint density at radius 3 is 2.42 bits per heavy atom. The van der Waals surface area contributed by atoms with Crippen LogP contribution in [0.4, 0.5) is 11.4 Å². The van der Waals surface area contributed by atoms with E-state index in [9.17, 15) is 8.42 Å². The highest BCUT2D eigenvalue weighted by molar-refractivity contribution is 7.92. The van der Waals surface area contributed by atoms with Crippen molar-refractivity contribution in [2.24, 2.45) is 5.92 Å². The topological polar surface area (TPSA) is 58.2 Å². The Balaban J connectivity index is 2.82. The second-order valence-electron chi connectivity index (χ2n) is 4.89. The number of anilines is 2. The van der Waals surface area contributed by atoms with Crippen molar-refractivity contribution in [3.63, 3.8) is 0 Å². The SMILES string of the molecule is CCC(C)C(C)Nc1ccc(NS(C)(=O)=O)c(Cl)c1. The van der Waals surface area contributed by atoms with Crippen molar-refractivity contribution in [1.82, 2.24) is 0 Å². The van der Waals surface area contributed by atoms with Gasteiger partial charge in [-0.1, -0.05) is 31.9 Å². The fourth-order valence-corrected chi connectivity index (χ4v) is 2.51. The lowest BCUT2D eigenvalue weighted by Gasteiger charge is -2.21. The minimum absolute atomic E-state index is 0.329. The Morgan fingerprint density at radius 1 is 1.32 bits per heavy atom. The molecule has 0 saturated heterocycles. The normalized spacial score (nSPS) is 14.8. The number of rotatable bonds is 6. The van der Waals surface area contributed by atoms with Gasteiger partial charge in [0.15, 0.2) is 0 Å². The summed E-state index contributed by atoms with van der Waals surface area (Å²) in [5, 5.41) is 3.74. The van der Waals surface area contributed by atoms with Crippen LogP contribution in [0.15, 0.2) is 18.2 Å². The van der Waals surface area contributed by atoms with Gasteiger partial charge in [0.05, 0.1) is 17.0 Å². The second kappa shape index (κ2) is 6.48. The molecule has 2 N–H and O–H groups in total. The zero-order valence-electron chi connectivity index (χ0n) is 11.7. The number of halogens is 1. The Labute approximate surface area is 120 Å². The summed E-state index contributed by atoms with van der Waals surface area (Å²) < 4.78 is 24.7. The first-order chi connectivity index (χ1) is 8.73.